The Hall–Kier alpha value is 0.234. The van der Waals surface area contributed by atoms with Gasteiger partial charge in [0.25, 0.3) is 0 Å². The van der Waals surface area contributed by atoms with Crippen molar-refractivity contribution in [2.45, 2.75) is 62.5 Å². The normalized spacial score (nSPS) is 32.1. The summed E-state index contributed by atoms with van der Waals surface area (Å²) in [6.07, 6.45) is 8.34. The van der Waals surface area contributed by atoms with Crippen LogP contribution in [0.15, 0.2) is 0 Å². The third kappa shape index (κ3) is 9.33. The Morgan fingerprint density at radius 2 is 1.83 bits per heavy atom. The van der Waals surface area contributed by atoms with Crippen LogP contribution in [0, 0.1) is 5.92 Å². The molecule has 23 heavy (non-hydrogen) atoms. The van der Waals surface area contributed by atoms with Crippen LogP contribution >= 0.6 is 0 Å². The summed E-state index contributed by atoms with van der Waals surface area (Å²) in [7, 11) is 3.23. The van der Waals surface area contributed by atoms with Crippen molar-refractivity contribution >= 4 is 19.5 Å². The fourth-order valence-corrected chi connectivity index (χ4v) is 4.82. The van der Waals surface area contributed by atoms with Crippen LogP contribution in [0.2, 0.25) is 12.1 Å². The van der Waals surface area contributed by atoms with Gasteiger partial charge in [0.1, 0.15) is 6.10 Å². The summed E-state index contributed by atoms with van der Waals surface area (Å²) < 4.78 is 26.1. The standard InChI is InChI=1S/C9H18O2Si.C7H16O3Si/c1-10-12-5-4-7-2-3-8-9(6-7)11-8;1-8-11-4-2-3-9-5-7-6-10-7/h7-9H,2-6,12H2,1H3;7H,2-6,11H2,1H3. The van der Waals surface area contributed by atoms with Gasteiger partial charge in [0, 0.05) is 20.8 Å². The fraction of sp³-hybridized carbons (Fsp3) is 1.00. The first-order valence-corrected chi connectivity index (χ1v) is 12.3. The van der Waals surface area contributed by atoms with Crippen molar-refractivity contribution in [2.75, 3.05) is 34.0 Å². The Kier molecular flexibility index (Phi) is 9.97. The molecule has 4 atom stereocenters. The SMILES string of the molecule is CO[SiH2]CCC1CCC2OC2C1.CO[SiH2]CCCOCC1CO1. The lowest BCUT2D eigenvalue weighted by Crippen LogP contribution is -2.13. The van der Waals surface area contributed by atoms with E-state index in [9.17, 15) is 0 Å². The predicted molar refractivity (Wildman–Crippen MR) is 96.5 cm³/mol. The van der Waals surface area contributed by atoms with Gasteiger partial charge in [-0.15, -0.1) is 0 Å². The van der Waals surface area contributed by atoms with Crippen molar-refractivity contribution in [3.8, 4) is 0 Å². The minimum absolute atomic E-state index is 0.167. The Labute approximate surface area is 145 Å². The lowest BCUT2D eigenvalue weighted by Gasteiger charge is -2.17. The zero-order valence-corrected chi connectivity index (χ0v) is 17.7. The van der Waals surface area contributed by atoms with E-state index in [1.54, 1.807) is 7.11 Å². The molecule has 0 bridgehead atoms. The molecule has 136 valence electrons. The molecular formula is C16H34O5Si2. The van der Waals surface area contributed by atoms with Crippen molar-refractivity contribution in [1.82, 2.24) is 0 Å². The van der Waals surface area contributed by atoms with E-state index in [0.29, 0.717) is 18.3 Å². The third-order valence-electron chi connectivity index (χ3n) is 4.67. The summed E-state index contributed by atoms with van der Waals surface area (Å²) in [5, 5.41) is 0. The molecule has 0 aromatic heterocycles. The van der Waals surface area contributed by atoms with Crippen molar-refractivity contribution in [3.05, 3.63) is 0 Å². The molecule has 0 aromatic rings. The summed E-state index contributed by atoms with van der Waals surface area (Å²) in [4.78, 5) is 0. The van der Waals surface area contributed by atoms with Crippen LogP contribution in [0.1, 0.15) is 32.1 Å². The van der Waals surface area contributed by atoms with E-state index < -0.39 is 0 Å². The van der Waals surface area contributed by atoms with Crippen molar-refractivity contribution in [3.63, 3.8) is 0 Å². The van der Waals surface area contributed by atoms with Crippen molar-refractivity contribution in [2.24, 2.45) is 5.92 Å². The van der Waals surface area contributed by atoms with E-state index in [1.165, 1.54) is 37.8 Å². The van der Waals surface area contributed by atoms with Gasteiger partial charge in [-0.25, -0.2) is 0 Å². The lowest BCUT2D eigenvalue weighted by molar-refractivity contribution is 0.117. The molecule has 2 saturated heterocycles. The van der Waals surface area contributed by atoms with Crippen LogP contribution < -0.4 is 0 Å². The maximum atomic E-state index is 5.49. The molecule has 2 aliphatic heterocycles. The van der Waals surface area contributed by atoms with Crippen LogP contribution in [-0.2, 0) is 23.1 Å². The minimum Gasteiger partial charge on any atom is -0.427 e. The summed E-state index contributed by atoms with van der Waals surface area (Å²) in [6, 6.07) is 2.58. The average molecular weight is 363 g/mol. The topological polar surface area (TPSA) is 52.8 Å². The van der Waals surface area contributed by atoms with Gasteiger partial charge in [0.2, 0.25) is 0 Å². The Morgan fingerprint density at radius 3 is 2.52 bits per heavy atom. The lowest BCUT2D eigenvalue weighted by atomic mass is 9.88. The zero-order valence-electron chi connectivity index (χ0n) is 14.8. The van der Waals surface area contributed by atoms with E-state index in [4.69, 9.17) is 23.1 Å². The number of ether oxygens (including phenoxy) is 3. The Morgan fingerprint density at radius 1 is 1.04 bits per heavy atom. The van der Waals surface area contributed by atoms with Gasteiger partial charge < -0.3 is 23.1 Å². The first-order chi connectivity index (χ1) is 11.3. The van der Waals surface area contributed by atoms with E-state index in [0.717, 1.165) is 32.2 Å². The van der Waals surface area contributed by atoms with E-state index in [2.05, 4.69) is 0 Å². The largest absolute Gasteiger partial charge is 0.427 e. The van der Waals surface area contributed by atoms with Gasteiger partial charge in [-0.3, -0.25) is 0 Å². The Balaban J connectivity index is 0.000000168. The molecule has 1 aliphatic carbocycles. The average Bonchev–Trinajstić information content (AvgIpc) is 3.46. The van der Waals surface area contributed by atoms with Crippen molar-refractivity contribution < 1.29 is 23.1 Å². The van der Waals surface area contributed by atoms with Crippen molar-refractivity contribution in [1.29, 1.82) is 0 Å². The minimum atomic E-state index is -0.221. The van der Waals surface area contributed by atoms with Crippen LogP contribution in [0.5, 0.6) is 0 Å². The summed E-state index contributed by atoms with van der Waals surface area (Å²) in [5.41, 5.74) is 0. The van der Waals surface area contributed by atoms with E-state index in [-0.39, 0.29) is 19.5 Å². The molecule has 0 radical (unpaired) electrons. The van der Waals surface area contributed by atoms with Gasteiger partial charge in [-0.2, -0.15) is 0 Å². The Bertz CT molecular complexity index is 304. The molecule has 0 amide bonds. The van der Waals surface area contributed by atoms with E-state index >= 15 is 0 Å². The number of hydrogen-bond acceptors (Lipinski definition) is 5. The first-order valence-electron chi connectivity index (χ1n) is 9.16. The quantitative estimate of drug-likeness (QED) is 0.312. The summed E-state index contributed by atoms with van der Waals surface area (Å²) in [6.45, 7) is 2.55. The highest BCUT2D eigenvalue weighted by molar-refractivity contribution is 6.27. The van der Waals surface area contributed by atoms with Gasteiger partial charge >= 0.3 is 0 Å². The second-order valence-corrected chi connectivity index (χ2v) is 10.1. The molecule has 4 unspecified atom stereocenters. The van der Waals surface area contributed by atoms with Gasteiger partial charge in [-0.05, 0) is 43.7 Å². The zero-order chi connectivity index (χ0) is 16.3. The molecule has 3 aliphatic rings. The maximum absolute atomic E-state index is 5.49. The first kappa shape index (κ1) is 19.6. The number of epoxide rings is 2. The highest BCUT2D eigenvalue weighted by Gasteiger charge is 2.43. The number of fused-ring (bicyclic) bond motifs is 1. The molecular weight excluding hydrogens is 328 g/mol. The molecule has 5 nitrogen and oxygen atoms in total. The van der Waals surface area contributed by atoms with Crippen LogP contribution in [0.3, 0.4) is 0 Å². The molecule has 0 spiro atoms. The van der Waals surface area contributed by atoms with Crippen LogP contribution in [-0.4, -0.2) is 71.9 Å². The molecule has 1 saturated carbocycles. The molecule has 2 heterocycles. The van der Waals surface area contributed by atoms with Crippen LogP contribution in [0.4, 0.5) is 0 Å². The van der Waals surface area contributed by atoms with Gasteiger partial charge in [0.05, 0.1) is 25.4 Å². The third-order valence-corrected chi connectivity index (χ3v) is 6.97. The molecule has 0 aromatic carbocycles. The highest BCUT2D eigenvalue weighted by atomic mass is 28.2. The number of hydrogen-bond donors (Lipinski definition) is 0. The van der Waals surface area contributed by atoms with Gasteiger partial charge in [0.15, 0.2) is 19.5 Å². The molecule has 7 heteroatoms. The molecule has 3 rings (SSSR count). The molecule has 0 N–H and O–H groups in total. The molecule has 3 fully saturated rings. The predicted octanol–water partition coefficient (Wildman–Crippen LogP) is 1.03. The smallest absolute Gasteiger partial charge is 0.161 e. The second-order valence-electron chi connectivity index (χ2n) is 6.76. The highest BCUT2D eigenvalue weighted by Crippen LogP contribution is 2.40. The fourth-order valence-electron chi connectivity index (χ4n) is 3.09. The summed E-state index contributed by atoms with van der Waals surface area (Å²) in [5.74, 6) is 0.955. The van der Waals surface area contributed by atoms with Gasteiger partial charge in [-0.1, -0.05) is 6.42 Å². The second kappa shape index (κ2) is 11.7. The van der Waals surface area contributed by atoms with E-state index in [1.807, 2.05) is 7.11 Å². The number of rotatable bonds is 11. The maximum Gasteiger partial charge on any atom is 0.161 e. The van der Waals surface area contributed by atoms with Crippen LogP contribution in [0.25, 0.3) is 0 Å². The monoisotopic (exact) mass is 362 g/mol. The summed E-state index contributed by atoms with van der Waals surface area (Å²) >= 11 is 0.